The van der Waals surface area contributed by atoms with Gasteiger partial charge in [0.2, 0.25) is 10.0 Å². The van der Waals surface area contributed by atoms with E-state index in [9.17, 15) is 13.2 Å². The largest absolute Gasteiger partial charge is 0.457 e. The third-order valence-electron chi connectivity index (χ3n) is 5.97. The third kappa shape index (κ3) is 4.68. The molecule has 2 aromatic rings. The van der Waals surface area contributed by atoms with Crippen LogP contribution in [0.1, 0.15) is 26.2 Å². The fraction of sp³-hybridized carbons (Fsp3) is 0.409. The van der Waals surface area contributed by atoms with Crippen molar-refractivity contribution in [2.75, 3.05) is 5.75 Å². The molecule has 0 saturated heterocycles. The summed E-state index contributed by atoms with van der Waals surface area (Å²) >= 11 is 1.31. The van der Waals surface area contributed by atoms with Gasteiger partial charge in [0.1, 0.15) is 11.5 Å². The molecule has 0 radical (unpaired) electrons. The third-order valence-corrected chi connectivity index (χ3v) is 8.40. The van der Waals surface area contributed by atoms with Crippen molar-refractivity contribution >= 4 is 26.9 Å². The summed E-state index contributed by atoms with van der Waals surface area (Å²) in [6, 6.07) is 15.8. The predicted molar refractivity (Wildman–Crippen MR) is 115 cm³/mol. The Bertz CT molecular complexity index is 960. The van der Waals surface area contributed by atoms with Crippen LogP contribution in [0.2, 0.25) is 0 Å². The van der Waals surface area contributed by atoms with Crippen molar-refractivity contribution < 1.29 is 17.9 Å². The van der Waals surface area contributed by atoms with Gasteiger partial charge in [-0.2, -0.15) is 0 Å². The molecular weight excluding hydrogens is 406 g/mol. The molecule has 0 aliphatic heterocycles. The van der Waals surface area contributed by atoms with Crippen molar-refractivity contribution in [3.8, 4) is 11.5 Å². The van der Waals surface area contributed by atoms with Crippen molar-refractivity contribution in [2.45, 2.75) is 37.1 Å². The maximum atomic E-state index is 13.0. The van der Waals surface area contributed by atoms with Crippen molar-refractivity contribution in [1.29, 1.82) is 0 Å². The summed E-state index contributed by atoms with van der Waals surface area (Å²) in [5.41, 5.74) is 0. The normalized spacial score (nSPS) is 25.8. The minimum atomic E-state index is -3.63. The second kappa shape index (κ2) is 8.50. The number of para-hydroxylation sites is 1. The van der Waals surface area contributed by atoms with Crippen molar-refractivity contribution in [2.24, 2.45) is 17.8 Å². The molecule has 0 aromatic heterocycles. The van der Waals surface area contributed by atoms with E-state index in [-0.39, 0.29) is 22.0 Å². The molecule has 2 aliphatic rings. The van der Waals surface area contributed by atoms with Crippen LogP contribution in [-0.4, -0.2) is 25.3 Å². The summed E-state index contributed by atoms with van der Waals surface area (Å²) in [5, 5.41) is 0.0865. The van der Waals surface area contributed by atoms with Gasteiger partial charge in [-0.05, 0) is 73.4 Å². The zero-order valence-electron chi connectivity index (χ0n) is 16.3. The standard InChI is InChI=1S/C22H25NO4S2/c1-15(24)28-14-21-16-7-8-17(13-16)22(21)23-29(25,26)20-11-9-19(10-12-20)27-18-5-3-2-4-6-18/h2-6,9-12,16-17,21-23H,7-8,13-14H2,1H3. The fourth-order valence-electron chi connectivity index (χ4n) is 4.61. The molecule has 5 nitrogen and oxygen atoms in total. The molecule has 0 spiro atoms. The number of hydrogen-bond acceptors (Lipinski definition) is 5. The van der Waals surface area contributed by atoms with E-state index in [0.29, 0.717) is 29.1 Å². The van der Waals surface area contributed by atoms with E-state index >= 15 is 0 Å². The summed E-state index contributed by atoms with van der Waals surface area (Å²) in [4.78, 5) is 11.6. The number of carbonyl (C=O) groups is 1. The van der Waals surface area contributed by atoms with Gasteiger partial charge in [-0.25, -0.2) is 13.1 Å². The number of fused-ring (bicyclic) bond motifs is 2. The van der Waals surface area contributed by atoms with Crippen LogP contribution >= 0.6 is 11.8 Å². The van der Waals surface area contributed by atoms with E-state index in [1.165, 1.54) is 11.8 Å². The van der Waals surface area contributed by atoms with Crippen LogP contribution in [0.15, 0.2) is 59.5 Å². The number of thioether (sulfide) groups is 1. The zero-order chi connectivity index (χ0) is 20.4. The second-order valence-corrected chi connectivity index (χ2v) is 10.7. The number of hydrogen-bond donors (Lipinski definition) is 1. The van der Waals surface area contributed by atoms with E-state index < -0.39 is 10.0 Å². The minimum Gasteiger partial charge on any atom is -0.457 e. The van der Waals surface area contributed by atoms with Crippen molar-refractivity contribution in [3.05, 3.63) is 54.6 Å². The minimum absolute atomic E-state index is 0.0865. The van der Waals surface area contributed by atoms with E-state index in [0.717, 1.165) is 19.3 Å². The highest BCUT2D eigenvalue weighted by molar-refractivity contribution is 8.13. The summed E-state index contributed by atoms with van der Waals surface area (Å²) in [6.45, 7) is 1.57. The quantitative estimate of drug-likeness (QED) is 0.701. The molecule has 29 heavy (non-hydrogen) atoms. The molecule has 2 fully saturated rings. The molecule has 154 valence electrons. The highest BCUT2D eigenvalue weighted by Gasteiger charge is 2.48. The first-order valence-electron chi connectivity index (χ1n) is 9.91. The summed E-state index contributed by atoms with van der Waals surface area (Å²) < 4.78 is 34.7. The second-order valence-electron chi connectivity index (χ2n) is 7.83. The lowest BCUT2D eigenvalue weighted by molar-refractivity contribution is -0.109. The molecule has 1 N–H and O–H groups in total. The fourth-order valence-corrected chi connectivity index (χ4v) is 6.87. The van der Waals surface area contributed by atoms with Gasteiger partial charge in [-0.3, -0.25) is 4.79 Å². The van der Waals surface area contributed by atoms with Gasteiger partial charge in [0, 0.05) is 18.7 Å². The Hall–Kier alpha value is -1.83. The number of sulfonamides is 1. The Morgan fingerprint density at radius 2 is 1.69 bits per heavy atom. The van der Waals surface area contributed by atoms with Crippen LogP contribution in [0.3, 0.4) is 0 Å². The first kappa shape index (κ1) is 20.4. The monoisotopic (exact) mass is 431 g/mol. The Morgan fingerprint density at radius 1 is 1.03 bits per heavy atom. The highest BCUT2D eigenvalue weighted by atomic mass is 32.2. The van der Waals surface area contributed by atoms with E-state index in [2.05, 4.69) is 4.72 Å². The van der Waals surface area contributed by atoms with Gasteiger partial charge >= 0.3 is 0 Å². The molecule has 2 aliphatic carbocycles. The van der Waals surface area contributed by atoms with Gasteiger partial charge in [0.15, 0.2) is 5.12 Å². The van der Waals surface area contributed by atoms with E-state index in [4.69, 9.17) is 4.74 Å². The van der Waals surface area contributed by atoms with Gasteiger partial charge in [-0.1, -0.05) is 30.0 Å². The lowest BCUT2D eigenvalue weighted by atomic mass is 9.86. The molecule has 7 heteroatoms. The Morgan fingerprint density at radius 3 is 2.38 bits per heavy atom. The maximum absolute atomic E-state index is 13.0. The van der Waals surface area contributed by atoms with Crippen LogP contribution in [0.5, 0.6) is 11.5 Å². The number of rotatable bonds is 7. The maximum Gasteiger partial charge on any atom is 0.240 e. The smallest absolute Gasteiger partial charge is 0.240 e. The van der Waals surface area contributed by atoms with Gasteiger partial charge in [-0.15, -0.1) is 0 Å². The topological polar surface area (TPSA) is 72.5 Å². The Labute approximate surface area is 176 Å². The number of ether oxygens (including phenoxy) is 1. The average molecular weight is 432 g/mol. The molecule has 4 unspecified atom stereocenters. The van der Waals surface area contributed by atoms with E-state index in [1.807, 2.05) is 30.3 Å². The van der Waals surface area contributed by atoms with Crippen LogP contribution in [-0.2, 0) is 14.8 Å². The van der Waals surface area contributed by atoms with Gasteiger partial charge in [0.05, 0.1) is 4.90 Å². The lowest BCUT2D eigenvalue weighted by Crippen LogP contribution is -2.44. The van der Waals surface area contributed by atoms with Gasteiger partial charge < -0.3 is 4.74 Å². The predicted octanol–water partition coefficient (Wildman–Crippen LogP) is 4.45. The van der Waals surface area contributed by atoms with Crippen molar-refractivity contribution in [1.82, 2.24) is 4.72 Å². The van der Waals surface area contributed by atoms with Gasteiger partial charge in [0.25, 0.3) is 0 Å². The molecule has 0 heterocycles. The summed E-state index contributed by atoms with van der Waals surface area (Å²) in [5.74, 6) is 3.08. The first-order chi connectivity index (χ1) is 13.9. The van der Waals surface area contributed by atoms with Crippen LogP contribution in [0.4, 0.5) is 0 Å². The number of carbonyl (C=O) groups excluding carboxylic acids is 1. The molecule has 0 amide bonds. The molecule has 2 aromatic carbocycles. The molecule has 4 rings (SSSR count). The zero-order valence-corrected chi connectivity index (χ0v) is 17.9. The number of benzene rings is 2. The Balaban J connectivity index is 1.46. The van der Waals surface area contributed by atoms with Crippen molar-refractivity contribution in [3.63, 3.8) is 0 Å². The highest BCUT2D eigenvalue weighted by Crippen LogP contribution is 2.49. The van der Waals surface area contributed by atoms with Crippen LogP contribution in [0, 0.1) is 17.8 Å². The molecule has 4 atom stereocenters. The first-order valence-corrected chi connectivity index (χ1v) is 12.4. The van der Waals surface area contributed by atoms with E-state index in [1.54, 1.807) is 31.2 Å². The average Bonchev–Trinajstić information content (AvgIpc) is 3.29. The molecule has 2 saturated carbocycles. The Kier molecular flexibility index (Phi) is 5.99. The lowest BCUT2D eigenvalue weighted by Gasteiger charge is -2.31. The van der Waals surface area contributed by atoms with Crippen LogP contribution < -0.4 is 9.46 Å². The number of nitrogens with one attached hydrogen (secondary N) is 1. The SMILES string of the molecule is CC(=O)SCC1C2CCC(C2)C1NS(=O)(=O)c1ccc(Oc2ccccc2)cc1. The summed E-state index contributed by atoms with van der Waals surface area (Å²) in [6.07, 6.45) is 3.25. The molecule has 2 bridgehead atoms. The van der Waals surface area contributed by atoms with Crippen LogP contribution in [0.25, 0.3) is 0 Å². The summed E-state index contributed by atoms with van der Waals surface area (Å²) in [7, 11) is -3.63. The molecular formula is C22H25NO4S2.